The molecule has 10 aromatic rings. The predicted molar refractivity (Wildman–Crippen MR) is 240 cm³/mol. The molecule has 2 aliphatic heterocycles. The van der Waals surface area contributed by atoms with E-state index in [0.717, 1.165) is 56.1 Å². The van der Waals surface area contributed by atoms with Gasteiger partial charge in [-0.15, -0.1) is 0 Å². The van der Waals surface area contributed by atoms with Gasteiger partial charge >= 0.3 is 0 Å². The lowest BCUT2D eigenvalue weighted by Crippen LogP contribution is -2.61. The normalized spacial score (nSPS) is 12.8. The van der Waals surface area contributed by atoms with Crippen molar-refractivity contribution in [1.82, 2.24) is 0 Å². The van der Waals surface area contributed by atoms with Gasteiger partial charge in [-0.3, -0.25) is 0 Å². The molecule has 1 aromatic heterocycles. The molecule has 0 atom stereocenters. The van der Waals surface area contributed by atoms with Gasteiger partial charge in [0.2, 0.25) is 0 Å². The minimum Gasteiger partial charge on any atom is -0.456 e. The van der Waals surface area contributed by atoms with Crippen LogP contribution in [0, 0.1) is 0 Å². The number of hydrogen-bond acceptors (Lipinski definition) is 4. The quantitative estimate of drug-likeness (QED) is 0.165. The molecule has 9 aromatic carbocycles. The summed E-state index contributed by atoms with van der Waals surface area (Å²) in [5.41, 5.74) is 15.8. The molecule has 266 valence electrons. The lowest BCUT2D eigenvalue weighted by Gasteiger charge is -2.44. The van der Waals surface area contributed by atoms with Gasteiger partial charge in [-0.1, -0.05) is 109 Å². The first-order valence-electron chi connectivity index (χ1n) is 19.6. The Morgan fingerprint density at radius 1 is 0.368 bits per heavy atom. The number of benzene rings is 9. The Hall–Kier alpha value is -7.50. The molecule has 12 rings (SSSR count). The van der Waals surface area contributed by atoms with Crippen LogP contribution in [0.15, 0.2) is 211 Å². The Balaban J connectivity index is 1.13. The van der Waals surface area contributed by atoms with E-state index in [-0.39, 0.29) is 6.71 Å². The maximum Gasteiger partial charge on any atom is 0.253 e. The van der Waals surface area contributed by atoms with Crippen molar-refractivity contribution in [2.45, 2.75) is 0 Å². The summed E-state index contributed by atoms with van der Waals surface area (Å²) in [5, 5.41) is 4.68. The Labute approximate surface area is 331 Å². The van der Waals surface area contributed by atoms with Crippen molar-refractivity contribution in [3.63, 3.8) is 0 Å². The summed E-state index contributed by atoms with van der Waals surface area (Å²) in [6.45, 7) is -0.0351. The number of furan rings is 1. The van der Waals surface area contributed by atoms with Gasteiger partial charge in [-0.25, -0.2) is 0 Å². The second-order valence-electron chi connectivity index (χ2n) is 14.9. The van der Waals surface area contributed by atoms with E-state index in [2.05, 4.69) is 221 Å². The maximum atomic E-state index is 6.96. The first-order valence-corrected chi connectivity index (χ1v) is 19.6. The molecular weight excluding hydrogens is 693 g/mol. The van der Waals surface area contributed by atoms with Crippen molar-refractivity contribution < 1.29 is 4.42 Å². The van der Waals surface area contributed by atoms with Crippen molar-refractivity contribution in [2.75, 3.05) is 14.7 Å². The Bertz CT molecular complexity index is 3110. The predicted octanol–water partition coefficient (Wildman–Crippen LogP) is 12.3. The summed E-state index contributed by atoms with van der Waals surface area (Å²) in [5.74, 6) is 0. The zero-order valence-corrected chi connectivity index (χ0v) is 31.0. The standard InChI is InChI=1S/C52H34BN3O/c1-5-17-36(18-6-1)54(37-19-7-2-8-20-37)40-29-30-42-43-33-48-44(34-50(43)57-49(42)32-40)53-51-41-25-14-13-16-35(41)28-31-47(51)55(38-21-9-3-10-22-38)45-26-15-27-46(52(45)53)56(48)39-23-11-4-12-24-39/h1-34H. The van der Waals surface area contributed by atoms with Crippen LogP contribution in [-0.2, 0) is 0 Å². The number of hydrogen-bond donors (Lipinski definition) is 0. The van der Waals surface area contributed by atoms with Crippen LogP contribution >= 0.6 is 0 Å². The smallest absolute Gasteiger partial charge is 0.253 e. The first-order chi connectivity index (χ1) is 28.3. The lowest BCUT2D eigenvalue weighted by atomic mass is 9.33. The van der Waals surface area contributed by atoms with Crippen molar-refractivity contribution in [2.24, 2.45) is 0 Å². The molecule has 0 fully saturated rings. The van der Waals surface area contributed by atoms with Gasteiger partial charge in [0.05, 0.1) is 0 Å². The molecule has 5 heteroatoms. The highest BCUT2D eigenvalue weighted by Gasteiger charge is 2.44. The van der Waals surface area contributed by atoms with Gasteiger partial charge in [0, 0.05) is 68.0 Å². The van der Waals surface area contributed by atoms with Crippen LogP contribution in [0.1, 0.15) is 0 Å². The van der Waals surface area contributed by atoms with Gasteiger partial charge in [-0.05, 0) is 118 Å². The van der Waals surface area contributed by atoms with Crippen LogP contribution in [-0.4, -0.2) is 6.71 Å². The molecule has 0 bridgehead atoms. The second-order valence-corrected chi connectivity index (χ2v) is 14.9. The highest BCUT2D eigenvalue weighted by molar-refractivity contribution is 7.01. The number of para-hydroxylation sites is 4. The third-order valence-electron chi connectivity index (χ3n) is 11.8. The highest BCUT2D eigenvalue weighted by Crippen LogP contribution is 2.46. The van der Waals surface area contributed by atoms with Crippen molar-refractivity contribution in [1.29, 1.82) is 0 Å². The number of anilines is 9. The fraction of sp³-hybridized carbons (Fsp3) is 0. The Morgan fingerprint density at radius 3 is 1.60 bits per heavy atom. The summed E-state index contributed by atoms with van der Waals surface area (Å²) in [6.07, 6.45) is 0. The maximum absolute atomic E-state index is 6.96. The zero-order valence-electron chi connectivity index (χ0n) is 31.0. The topological polar surface area (TPSA) is 22.9 Å². The first kappa shape index (κ1) is 31.8. The van der Waals surface area contributed by atoms with E-state index in [0.29, 0.717) is 0 Å². The van der Waals surface area contributed by atoms with Gasteiger partial charge in [0.1, 0.15) is 11.2 Å². The summed E-state index contributed by atoms with van der Waals surface area (Å²) in [7, 11) is 0. The zero-order chi connectivity index (χ0) is 37.5. The SMILES string of the molecule is c1ccc(N(c2ccccc2)c2ccc3c(c2)oc2cc4c(cc23)N(c2ccccc2)c2cccc3c2B4c2c(ccc4ccccc24)N3c2ccccc2)cc1. The van der Waals surface area contributed by atoms with E-state index in [1.165, 1.54) is 44.2 Å². The molecule has 0 aliphatic carbocycles. The van der Waals surface area contributed by atoms with E-state index < -0.39 is 0 Å². The van der Waals surface area contributed by atoms with Gasteiger partial charge in [0.15, 0.2) is 0 Å². The number of rotatable bonds is 5. The fourth-order valence-corrected chi connectivity index (χ4v) is 9.42. The average Bonchev–Trinajstić information content (AvgIpc) is 3.63. The summed E-state index contributed by atoms with van der Waals surface area (Å²) in [4.78, 5) is 7.20. The molecule has 0 radical (unpaired) electrons. The largest absolute Gasteiger partial charge is 0.456 e. The minimum absolute atomic E-state index is 0.0351. The molecule has 0 amide bonds. The van der Waals surface area contributed by atoms with E-state index >= 15 is 0 Å². The van der Waals surface area contributed by atoms with Crippen molar-refractivity contribution >= 4 is 107 Å². The van der Waals surface area contributed by atoms with Gasteiger partial charge < -0.3 is 19.1 Å². The molecule has 4 nitrogen and oxygen atoms in total. The van der Waals surface area contributed by atoms with Crippen LogP contribution in [0.3, 0.4) is 0 Å². The van der Waals surface area contributed by atoms with Crippen LogP contribution in [0.25, 0.3) is 32.7 Å². The number of nitrogens with zero attached hydrogens (tertiary/aromatic N) is 3. The second kappa shape index (κ2) is 12.5. The van der Waals surface area contributed by atoms with Crippen LogP contribution in [0.2, 0.25) is 0 Å². The molecule has 0 saturated heterocycles. The monoisotopic (exact) mass is 727 g/mol. The lowest BCUT2D eigenvalue weighted by molar-refractivity contribution is 0.669. The average molecular weight is 728 g/mol. The fourth-order valence-electron chi connectivity index (χ4n) is 9.42. The van der Waals surface area contributed by atoms with Crippen LogP contribution < -0.4 is 31.1 Å². The van der Waals surface area contributed by atoms with Crippen LogP contribution in [0.4, 0.5) is 51.2 Å². The molecule has 57 heavy (non-hydrogen) atoms. The van der Waals surface area contributed by atoms with Crippen molar-refractivity contribution in [3.8, 4) is 0 Å². The van der Waals surface area contributed by atoms with E-state index in [1.807, 2.05) is 0 Å². The minimum atomic E-state index is -0.0351. The van der Waals surface area contributed by atoms with Gasteiger partial charge in [0.25, 0.3) is 6.71 Å². The molecule has 3 heterocycles. The summed E-state index contributed by atoms with van der Waals surface area (Å²) in [6, 6.07) is 74.2. The molecule has 0 spiro atoms. The third kappa shape index (κ3) is 4.82. The summed E-state index contributed by atoms with van der Waals surface area (Å²) < 4.78 is 6.96. The molecule has 0 N–H and O–H groups in total. The molecule has 0 saturated carbocycles. The van der Waals surface area contributed by atoms with E-state index in [4.69, 9.17) is 4.42 Å². The summed E-state index contributed by atoms with van der Waals surface area (Å²) >= 11 is 0. The van der Waals surface area contributed by atoms with E-state index in [1.54, 1.807) is 0 Å². The van der Waals surface area contributed by atoms with Crippen molar-refractivity contribution in [3.05, 3.63) is 206 Å². The van der Waals surface area contributed by atoms with Gasteiger partial charge in [-0.2, -0.15) is 0 Å². The third-order valence-corrected chi connectivity index (χ3v) is 11.8. The number of fused-ring (bicyclic) bond motifs is 9. The molecule has 2 aliphatic rings. The Kier molecular flexibility index (Phi) is 6.99. The van der Waals surface area contributed by atoms with E-state index in [9.17, 15) is 0 Å². The van der Waals surface area contributed by atoms with Crippen LogP contribution in [0.5, 0.6) is 0 Å². The Morgan fingerprint density at radius 2 is 0.930 bits per heavy atom. The molecular formula is C52H34BN3O. The molecule has 0 unspecified atom stereocenters. The highest BCUT2D eigenvalue weighted by atomic mass is 16.3.